The Kier molecular flexibility index (Phi) is 5.28. The molecule has 0 unspecified atom stereocenters. The first kappa shape index (κ1) is 21.1. The van der Waals surface area contributed by atoms with Crippen molar-refractivity contribution < 1.29 is 14.0 Å². The van der Waals surface area contributed by atoms with Crippen molar-refractivity contribution in [2.45, 2.75) is 18.9 Å². The van der Waals surface area contributed by atoms with E-state index in [1.165, 1.54) is 6.26 Å². The topological polar surface area (TPSA) is 87.8 Å². The fourth-order valence-electron chi connectivity index (χ4n) is 4.88. The van der Waals surface area contributed by atoms with Gasteiger partial charge in [0.25, 0.3) is 17.4 Å². The van der Waals surface area contributed by atoms with Gasteiger partial charge in [-0.1, -0.05) is 0 Å². The predicted molar refractivity (Wildman–Crippen MR) is 125 cm³/mol. The molecule has 2 bridgehead atoms. The van der Waals surface area contributed by atoms with Crippen LogP contribution in [-0.2, 0) is 6.54 Å². The van der Waals surface area contributed by atoms with Crippen molar-refractivity contribution in [1.29, 1.82) is 0 Å². The highest BCUT2D eigenvalue weighted by Crippen LogP contribution is 2.36. The van der Waals surface area contributed by atoms with E-state index in [-0.39, 0.29) is 34.7 Å². The van der Waals surface area contributed by atoms with Crippen molar-refractivity contribution in [3.05, 3.63) is 82.2 Å². The van der Waals surface area contributed by atoms with Crippen molar-refractivity contribution in [3.63, 3.8) is 0 Å². The highest BCUT2D eigenvalue weighted by molar-refractivity contribution is 6.02. The first-order valence-electron chi connectivity index (χ1n) is 11.1. The Bertz CT molecular complexity index is 1240. The van der Waals surface area contributed by atoms with E-state index in [1.54, 1.807) is 22.8 Å². The number of furan rings is 1. The zero-order valence-corrected chi connectivity index (χ0v) is 18.7. The molecule has 8 heteroatoms. The lowest BCUT2D eigenvalue weighted by molar-refractivity contribution is 0.0594. The molecule has 4 heterocycles. The lowest BCUT2D eigenvalue weighted by Crippen LogP contribution is -2.49. The third kappa shape index (κ3) is 3.92. The number of anilines is 2. The van der Waals surface area contributed by atoms with E-state index in [2.05, 4.69) is 5.32 Å². The number of rotatable bonds is 4. The minimum Gasteiger partial charge on any atom is -0.459 e. The number of pyridine rings is 1. The van der Waals surface area contributed by atoms with Gasteiger partial charge in [0, 0.05) is 56.6 Å². The summed E-state index contributed by atoms with van der Waals surface area (Å²) in [5, 5.41) is 2.66. The van der Waals surface area contributed by atoms with E-state index in [9.17, 15) is 14.4 Å². The van der Waals surface area contributed by atoms with E-state index in [0.29, 0.717) is 25.2 Å². The number of benzene rings is 1. The van der Waals surface area contributed by atoms with Gasteiger partial charge in [-0.3, -0.25) is 14.4 Å². The number of fused-ring (bicyclic) bond motifs is 4. The molecule has 2 aromatic heterocycles. The van der Waals surface area contributed by atoms with Crippen molar-refractivity contribution in [2.75, 3.05) is 37.4 Å². The first-order valence-corrected chi connectivity index (χ1v) is 11.1. The van der Waals surface area contributed by atoms with E-state index in [1.807, 2.05) is 54.2 Å². The first-order chi connectivity index (χ1) is 15.9. The quantitative estimate of drug-likeness (QED) is 0.666. The van der Waals surface area contributed by atoms with Gasteiger partial charge in [0.15, 0.2) is 5.76 Å². The van der Waals surface area contributed by atoms with Crippen molar-refractivity contribution in [1.82, 2.24) is 9.47 Å². The van der Waals surface area contributed by atoms with Gasteiger partial charge in [0.1, 0.15) is 5.69 Å². The number of likely N-dealkylation sites (tertiary alicyclic amines) is 1. The summed E-state index contributed by atoms with van der Waals surface area (Å²) in [5.74, 6) is 0.000557. The van der Waals surface area contributed by atoms with Gasteiger partial charge in [-0.25, -0.2) is 0 Å². The Morgan fingerprint density at radius 1 is 1.03 bits per heavy atom. The minimum absolute atomic E-state index is 0.0214. The fraction of sp³-hybridized carbons (Fsp3) is 0.320. The van der Waals surface area contributed by atoms with Crippen LogP contribution in [0.3, 0.4) is 0 Å². The average molecular weight is 447 g/mol. The van der Waals surface area contributed by atoms with Gasteiger partial charge in [0.2, 0.25) is 0 Å². The summed E-state index contributed by atoms with van der Waals surface area (Å²) < 4.78 is 6.86. The van der Waals surface area contributed by atoms with Crippen molar-refractivity contribution in [3.8, 4) is 0 Å². The number of aromatic nitrogens is 1. The summed E-state index contributed by atoms with van der Waals surface area (Å²) >= 11 is 0. The van der Waals surface area contributed by atoms with Gasteiger partial charge in [0.05, 0.1) is 6.26 Å². The third-order valence-corrected chi connectivity index (χ3v) is 6.52. The van der Waals surface area contributed by atoms with Gasteiger partial charge in [-0.05, 0) is 60.9 Å². The maximum absolute atomic E-state index is 13.2. The Hall–Kier alpha value is -3.81. The molecule has 33 heavy (non-hydrogen) atoms. The normalized spacial score (nSPS) is 19.0. The van der Waals surface area contributed by atoms with E-state index >= 15 is 0 Å². The second-order valence-electron chi connectivity index (χ2n) is 8.97. The summed E-state index contributed by atoms with van der Waals surface area (Å²) in [7, 11) is 3.94. The van der Waals surface area contributed by atoms with Crippen LogP contribution in [-0.4, -0.2) is 48.5 Å². The molecule has 2 aliphatic heterocycles. The molecule has 2 atom stereocenters. The molecule has 1 N–H and O–H groups in total. The molecule has 170 valence electrons. The molecule has 1 aromatic carbocycles. The monoisotopic (exact) mass is 446 g/mol. The second kappa shape index (κ2) is 8.27. The van der Waals surface area contributed by atoms with Crippen LogP contribution in [0.1, 0.15) is 38.9 Å². The molecular formula is C25H26N4O4. The summed E-state index contributed by atoms with van der Waals surface area (Å²) in [5.41, 5.74) is 2.64. The van der Waals surface area contributed by atoms with Crippen LogP contribution in [0.5, 0.6) is 0 Å². The molecule has 0 radical (unpaired) electrons. The highest BCUT2D eigenvalue weighted by atomic mass is 16.3. The van der Waals surface area contributed by atoms with E-state index in [0.717, 1.165) is 17.8 Å². The number of nitrogens with zero attached hydrogens (tertiary/aromatic N) is 3. The summed E-state index contributed by atoms with van der Waals surface area (Å²) in [6, 6.07) is 14.4. The van der Waals surface area contributed by atoms with Gasteiger partial charge in [-0.15, -0.1) is 0 Å². The number of hydrogen-bond acceptors (Lipinski definition) is 5. The minimum atomic E-state index is -0.453. The average Bonchev–Trinajstić information content (AvgIpc) is 3.36. The van der Waals surface area contributed by atoms with Crippen LogP contribution in [0.15, 0.2) is 64.0 Å². The number of carbonyl (C=O) groups is 2. The van der Waals surface area contributed by atoms with Crippen LogP contribution in [0.2, 0.25) is 0 Å². The van der Waals surface area contributed by atoms with Crippen LogP contribution in [0, 0.1) is 5.92 Å². The Morgan fingerprint density at radius 3 is 2.52 bits per heavy atom. The zero-order valence-electron chi connectivity index (χ0n) is 18.7. The summed E-state index contributed by atoms with van der Waals surface area (Å²) in [6.07, 6.45) is 2.36. The molecule has 3 aromatic rings. The van der Waals surface area contributed by atoms with Crippen LogP contribution < -0.4 is 15.8 Å². The zero-order chi connectivity index (χ0) is 23.1. The van der Waals surface area contributed by atoms with Crippen LogP contribution in [0.25, 0.3) is 0 Å². The van der Waals surface area contributed by atoms with Gasteiger partial charge >= 0.3 is 0 Å². The fourth-order valence-corrected chi connectivity index (χ4v) is 4.88. The standard InChI is InChI=1S/C25H26N4O4/c1-27(2)19-7-5-17(6-8-19)24(31)28-13-16-12-18(15-28)21-10-9-20(25(32)29(21)14-16)26-23(30)22-4-3-11-33-22/h3-11,16,18H,12-15H2,1-2H3,(H,26,30)/t16-,18+/m0/s1. The molecule has 0 saturated carbocycles. The number of amides is 2. The Morgan fingerprint density at radius 2 is 1.82 bits per heavy atom. The Labute approximate surface area is 191 Å². The summed E-state index contributed by atoms with van der Waals surface area (Å²) in [6.45, 7) is 1.71. The molecule has 1 fully saturated rings. The molecular weight excluding hydrogens is 420 g/mol. The molecule has 0 spiro atoms. The molecule has 1 saturated heterocycles. The number of piperidine rings is 1. The van der Waals surface area contributed by atoms with Crippen molar-refractivity contribution in [2.24, 2.45) is 5.92 Å². The maximum atomic E-state index is 13.2. The third-order valence-electron chi connectivity index (χ3n) is 6.52. The smallest absolute Gasteiger partial charge is 0.291 e. The maximum Gasteiger partial charge on any atom is 0.291 e. The molecule has 0 aliphatic carbocycles. The SMILES string of the molecule is CN(C)c1ccc(C(=O)N2C[C@@H]3C[C@H](C2)c2ccc(NC(=O)c4ccco4)c(=O)n2C3)cc1. The molecule has 2 aliphatic rings. The predicted octanol–water partition coefficient (Wildman–Crippen LogP) is 3.02. The molecule has 5 rings (SSSR count). The number of hydrogen-bond donors (Lipinski definition) is 1. The van der Waals surface area contributed by atoms with Crippen LogP contribution >= 0.6 is 0 Å². The van der Waals surface area contributed by atoms with E-state index in [4.69, 9.17) is 4.42 Å². The largest absolute Gasteiger partial charge is 0.459 e. The molecule has 8 nitrogen and oxygen atoms in total. The number of nitrogens with one attached hydrogen (secondary N) is 1. The van der Waals surface area contributed by atoms with Gasteiger partial charge in [-0.2, -0.15) is 0 Å². The van der Waals surface area contributed by atoms with Crippen molar-refractivity contribution >= 4 is 23.2 Å². The lowest BCUT2D eigenvalue weighted by atomic mass is 9.83. The lowest BCUT2D eigenvalue weighted by Gasteiger charge is -2.43. The number of carbonyl (C=O) groups excluding carboxylic acids is 2. The second-order valence-corrected chi connectivity index (χ2v) is 8.97. The highest BCUT2D eigenvalue weighted by Gasteiger charge is 2.37. The van der Waals surface area contributed by atoms with E-state index < -0.39 is 5.91 Å². The van der Waals surface area contributed by atoms with Gasteiger partial charge < -0.3 is 24.1 Å². The Balaban J connectivity index is 1.35. The summed E-state index contributed by atoms with van der Waals surface area (Å²) in [4.78, 5) is 42.5. The molecule has 2 amide bonds. The van der Waals surface area contributed by atoms with Crippen LogP contribution in [0.4, 0.5) is 11.4 Å².